The van der Waals surface area contributed by atoms with Gasteiger partial charge in [0.25, 0.3) is 0 Å². The van der Waals surface area contributed by atoms with E-state index in [9.17, 15) is 13.0 Å². The lowest BCUT2D eigenvalue weighted by atomic mass is 9.70. The molecule has 4 fully saturated rings. The maximum absolute atomic E-state index is 13.3. The first kappa shape index (κ1) is 24.8. The van der Waals surface area contributed by atoms with Crippen LogP contribution in [0.4, 0.5) is 0 Å². The van der Waals surface area contributed by atoms with Crippen molar-refractivity contribution < 1.29 is 13.0 Å². The van der Waals surface area contributed by atoms with Crippen LogP contribution in [0.25, 0.3) is 0 Å². The van der Waals surface area contributed by atoms with E-state index >= 15 is 0 Å². The molecule has 0 aromatic heterocycles. The predicted octanol–water partition coefficient (Wildman–Crippen LogP) is 8.78. The zero-order valence-corrected chi connectivity index (χ0v) is 22.0. The Kier molecular flexibility index (Phi) is 8.05. The maximum Gasteiger partial charge on any atom is 0.125 e. The molecule has 0 atom stereocenters. The Labute approximate surface area is 208 Å². The monoisotopic (exact) mass is 485 g/mol. The number of hydrogen-bond acceptors (Lipinski definition) is 3. The Morgan fingerprint density at radius 3 is 1.09 bits per heavy atom. The van der Waals surface area contributed by atoms with Gasteiger partial charge in [0, 0.05) is 0 Å². The molecule has 190 valence electrons. The average Bonchev–Trinajstić information content (AvgIpc) is 2.89. The Balaban J connectivity index is 1.76. The van der Waals surface area contributed by atoms with E-state index in [1.807, 2.05) is 0 Å². The molecule has 5 rings (SSSR count). The van der Waals surface area contributed by atoms with Gasteiger partial charge in [-0.2, -0.15) is 0 Å². The zero-order valence-electron chi connectivity index (χ0n) is 21.2. The molecule has 0 spiro atoms. The van der Waals surface area contributed by atoms with E-state index in [1.54, 1.807) is 0 Å². The van der Waals surface area contributed by atoms with Gasteiger partial charge in [0.2, 0.25) is 0 Å². The zero-order chi connectivity index (χ0) is 23.5. The van der Waals surface area contributed by atoms with Gasteiger partial charge < -0.3 is 4.55 Å². The van der Waals surface area contributed by atoms with E-state index < -0.39 is 10.1 Å². The fraction of sp³-hybridized carbons (Fsp3) is 0.800. The van der Waals surface area contributed by atoms with Gasteiger partial charge in [-0.3, -0.25) is 0 Å². The van der Waals surface area contributed by atoms with E-state index in [-0.39, 0.29) is 11.8 Å². The molecule has 0 amide bonds. The summed E-state index contributed by atoms with van der Waals surface area (Å²) >= 11 is 0. The summed E-state index contributed by atoms with van der Waals surface area (Å²) < 4.78 is 39.8. The van der Waals surface area contributed by atoms with Gasteiger partial charge in [0.15, 0.2) is 0 Å². The smallest absolute Gasteiger partial charge is 0.125 e. The molecular formula is C30H45O3S-. The van der Waals surface area contributed by atoms with Gasteiger partial charge in [0.1, 0.15) is 10.1 Å². The van der Waals surface area contributed by atoms with Crippen molar-refractivity contribution in [3.05, 3.63) is 28.3 Å². The van der Waals surface area contributed by atoms with Crippen molar-refractivity contribution in [1.82, 2.24) is 0 Å². The normalized spacial score (nSPS) is 25.0. The lowest BCUT2D eigenvalue weighted by Crippen LogP contribution is -2.23. The average molecular weight is 486 g/mol. The number of benzene rings is 1. The highest BCUT2D eigenvalue weighted by molar-refractivity contribution is 7.85. The molecule has 1 aromatic rings. The second kappa shape index (κ2) is 11.0. The van der Waals surface area contributed by atoms with Crippen molar-refractivity contribution in [2.24, 2.45) is 0 Å². The van der Waals surface area contributed by atoms with Crippen LogP contribution in [0.2, 0.25) is 0 Å². The molecule has 4 aliphatic rings. The topological polar surface area (TPSA) is 57.2 Å². The van der Waals surface area contributed by atoms with Crippen LogP contribution in [0.15, 0.2) is 11.0 Å². The summed E-state index contributed by atoms with van der Waals surface area (Å²) in [5.74, 6) is 1.39. The third-order valence-corrected chi connectivity index (χ3v) is 10.7. The minimum absolute atomic E-state index is 0.257. The predicted molar refractivity (Wildman–Crippen MR) is 138 cm³/mol. The molecule has 0 bridgehead atoms. The summed E-state index contributed by atoms with van der Waals surface area (Å²) in [6.45, 7) is 0. The highest BCUT2D eigenvalue weighted by Crippen LogP contribution is 2.51. The highest BCUT2D eigenvalue weighted by Gasteiger charge is 2.36. The first-order chi connectivity index (χ1) is 16.5. The third-order valence-electron chi connectivity index (χ3n) is 9.79. The van der Waals surface area contributed by atoms with Crippen LogP contribution in [0.5, 0.6) is 0 Å². The summed E-state index contributed by atoms with van der Waals surface area (Å²) in [6, 6.07) is 2.51. The van der Waals surface area contributed by atoms with Gasteiger partial charge in [0.05, 0.1) is 4.90 Å². The van der Waals surface area contributed by atoms with Crippen molar-refractivity contribution in [1.29, 1.82) is 0 Å². The summed E-state index contributed by atoms with van der Waals surface area (Å²) in [7, 11) is -4.54. The Bertz CT molecular complexity index is 868. The van der Waals surface area contributed by atoms with Crippen molar-refractivity contribution in [3.8, 4) is 0 Å². The highest BCUT2D eigenvalue weighted by atomic mass is 32.2. The second-order valence-corrected chi connectivity index (χ2v) is 13.3. The van der Waals surface area contributed by atoms with E-state index in [2.05, 4.69) is 6.07 Å². The fourth-order valence-corrected chi connectivity index (χ4v) is 9.23. The first-order valence-corrected chi connectivity index (χ1v) is 16.1. The van der Waals surface area contributed by atoms with Gasteiger partial charge >= 0.3 is 0 Å². The van der Waals surface area contributed by atoms with Crippen LogP contribution in [0, 0.1) is 0 Å². The third kappa shape index (κ3) is 5.28. The lowest BCUT2D eigenvalue weighted by Gasteiger charge is -2.38. The van der Waals surface area contributed by atoms with Crippen LogP contribution in [-0.2, 0) is 10.1 Å². The quantitative estimate of drug-likeness (QED) is 0.392. The molecule has 0 aliphatic heterocycles. The second-order valence-electron chi connectivity index (χ2n) is 12.0. The Morgan fingerprint density at radius 2 is 0.794 bits per heavy atom. The van der Waals surface area contributed by atoms with Gasteiger partial charge in [-0.25, -0.2) is 8.42 Å². The van der Waals surface area contributed by atoms with Crippen LogP contribution < -0.4 is 0 Å². The molecule has 0 saturated heterocycles. The van der Waals surface area contributed by atoms with Crippen molar-refractivity contribution >= 4 is 10.1 Å². The summed E-state index contributed by atoms with van der Waals surface area (Å²) in [6.07, 6.45) is 23.5. The van der Waals surface area contributed by atoms with E-state index in [0.717, 1.165) is 88.2 Å². The van der Waals surface area contributed by atoms with E-state index in [4.69, 9.17) is 0 Å². The standard InChI is InChI=1S/C30H46O3S/c31-34(32,33)30-28(24-17-9-3-10-18-24)26(22-13-5-1-6-14-22)21-27(23-15-7-2-8-16-23)29(30)25-19-11-4-12-20-25/h21-25H,1-20H2,(H,31,32,33)/p-1. The van der Waals surface area contributed by atoms with Crippen molar-refractivity contribution in [2.45, 2.75) is 157 Å². The molecular weight excluding hydrogens is 440 g/mol. The molecule has 1 aromatic carbocycles. The van der Waals surface area contributed by atoms with E-state index in [0.29, 0.717) is 16.7 Å². The first-order valence-electron chi connectivity index (χ1n) is 14.7. The largest absolute Gasteiger partial charge is 0.744 e. The number of hydrogen-bond donors (Lipinski definition) is 0. The minimum Gasteiger partial charge on any atom is -0.744 e. The van der Waals surface area contributed by atoms with Crippen LogP contribution in [-0.4, -0.2) is 13.0 Å². The molecule has 0 radical (unpaired) electrons. The minimum atomic E-state index is -4.54. The van der Waals surface area contributed by atoms with Crippen LogP contribution in [0.3, 0.4) is 0 Å². The fourth-order valence-electron chi connectivity index (χ4n) is 8.13. The lowest BCUT2D eigenvalue weighted by molar-refractivity contribution is 0.392. The SMILES string of the molecule is O=S(=O)([O-])c1c(C2CCCCC2)c(C2CCCCC2)cc(C2CCCCC2)c1C1CCCCC1. The van der Waals surface area contributed by atoms with Crippen LogP contribution >= 0.6 is 0 Å². The molecule has 0 heterocycles. The molecule has 4 saturated carbocycles. The van der Waals surface area contributed by atoms with Crippen LogP contribution in [0.1, 0.15) is 174 Å². The summed E-state index contributed by atoms with van der Waals surface area (Å²) in [5.41, 5.74) is 4.62. The van der Waals surface area contributed by atoms with Gasteiger partial charge in [-0.05, 0) is 97.3 Å². The van der Waals surface area contributed by atoms with Crippen molar-refractivity contribution in [2.75, 3.05) is 0 Å². The molecule has 3 nitrogen and oxygen atoms in total. The molecule has 4 heteroatoms. The summed E-state index contributed by atoms with van der Waals surface area (Å²) in [5, 5.41) is 0. The molecule has 34 heavy (non-hydrogen) atoms. The molecule has 4 aliphatic carbocycles. The van der Waals surface area contributed by atoms with Gasteiger partial charge in [-0.1, -0.05) is 83.1 Å². The maximum atomic E-state index is 13.3. The Morgan fingerprint density at radius 1 is 0.500 bits per heavy atom. The Hall–Kier alpha value is -0.870. The van der Waals surface area contributed by atoms with Gasteiger partial charge in [-0.15, -0.1) is 0 Å². The molecule has 0 N–H and O–H groups in total. The number of rotatable bonds is 5. The molecule has 0 unspecified atom stereocenters. The van der Waals surface area contributed by atoms with Crippen molar-refractivity contribution in [3.63, 3.8) is 0 Å². The van der Waals surface area contributed by atoms with E-state index in [1.165, 1.54) is 62.5 Å². The summed E-state index contributed by atoms with van der Waals surface area (Å²) in [4.78, 5) is 0.301.